The van der Waals surface area contributed by atoms with E-state index in [1.165, 1.54) is 12.1 Å². The standard InChI is InChI=1S/C16H17F2NO/c1-2-15(19)14-5-3-4-6-16(14)20-10-11-7-12(17)9-13(18)8-11/h3-9,15H,2,10,19H2,1H3. The third-order valence-corrected chi connectivity index (χ3v) is 3.07. The summed E-state index contributed by atoms with van der Waals surface area (Å²) in [5.74, 6) is -0.573. The Morgan fingerprint density at radius 1 is 1.10 bits per heavy atom. The maximum absolute atomic E-state index is 13.1. The van der Waals surface area contributed by atoms with Crippen molar-refractivity contribution in [3.05, 3.63) is 65.2 Å². The lowest BCUT2D eigenvalue weighted by Gasteiger charge is -2.15. The predicted molar refractivity (Wildman–Crippen MR) is 74.4 cm³/mol. The van der Waals surface area contributed by atoms with Gasteiger partial charge in [0.15, 0.2) is 0 Å². The van der Waals surface area contributed by atoms with Crippen molar-refractivity contribution < 1.29 is 13.5 Å². The summed E-state index contributed by atoms with van der Waals surface area (Å²) in [5, 5.41) is 0. The molecule has 106 valence electrons. The molecule has 2 aromatic carbocycles. The maximum Gasteiger partial charge on any atom is 0.126 e. The Morgan fingerprint density at radius 3 is 2.40 bits per heavy atom. The van der Waals surface area contributed by atoms with Gasteiger partial charge in [0.25, 0.3) is 0 Å². The number of hydrogen-bond acceptors (Lipinski definition) is 2. The van der Waals surface area contributed by atoms with Crippen LogP contribution in [0.15, 0.2) is 42.5 Å². The van der Waals surface area contributed by atoms with Crippen LogP contribution in [0.3, 0.4) is 0 Å². The zero-order chi connectivity index (χ0) is 14.5. The Morgan fingerprint density at radius 2 is 1.75 bits per heavy atom. The van der Waals surface area contributed by atoms with Crippen molar-refractivity contribution in [2.24, 2.45) is 5.73 Å². The van der Waals surface area contributed by atoms with Gasteiger partial charge < -0.3 is 10.5 Å². The van der Waals surface area contributed by atoms with Gasteiger partial charge in [0.2, 0.25) is 0 Å². The van der Waals surface area contributed by atoms with Crippen LogP contribution in [0.25, 0.3) is 0 Å². The highest BCUT2D eigenvalue weighted by atomic mass is 19.1. The number of ether oxygens (including phenoxy) is 1. The topological polar surface area (TPSA) is 35.2 Å². The molecule has 2 N–H and O–H groups in total. The first-order valence-electron chi connectivity index (χ1n) is 6.52. The fourth-order valence-corrected chi connectivity index (χ4v) is 1.99. The summed E-state index contributed by atoms with van der Waals surface area (Å²) in [6, 6.07) is 10.7. The second-order valence-electron chi connectivity index (χ2n) is 4.62. The summed E-state index contributed by atoms with van der Waals surface area (Å²) < 4.78 is 31.8. The highest BCUT2D eigenvalue weighted by molar-refractivity contribution is 5.36. The van der Waals surface area contributed by atoms with Crippen molar-refractivity contribution in [1.29, 1.82) is 0 Å². The van der Waals surface area contributed by atoms with Crippen LogP contribution < -0.4 is 10.5 Å². The second kappa shape index (κ2) is 6.48. The van der Waals surface area contributed by atoms with Crippen LogP contribution >= 0.6 is 0 Å². The SMILES string of the molecule is CCC(N)c1ccccc1OCc1cc(F)cc(F)c1. The summed E-state index contributed by atoms with van der Waals surface area (Å²) >= 11 is 0. The Kier molecular flexibility index (Phi) is 4.69. The molecule has 1 unspecified atom stereocenters. The van der Waals surface area contributed by atoms with Gasteiger partial charge in [-0.25, -0.2) is 8.78 Å². The first-order chi connectivity index (χ1) is 9.60. The number of hydrogen-bond donors (Lipinski definition) is 1. The number of halogens is 2. The average molecular weight is 277 g/mol. The molecule has 2 rings (SSSR count). The molecule has 0 saturated heterocycles. The quantitative estimate of drug-likeness (QED) is 0.898. The van der Waals surface area contributed by atoms with E-state index in [0.717, 1.165) is 18.1 Å². The molecule has 1 atom stereocenters. The molecule has 20 heavy (non-hydrogen) atoms. The van der Waals surface area contributed by atoms with Gasteiger partial charge in [-0.2, -0.15) is 0 Å². The highest BCUT2D eigenvalue weighted by Crippen LogP contribution is 2.26. The van der Waals surface area contributed by atoms with Crippen LogP contribution in [0.5, 0.6) is 5.75 Å². The molecule has 0 aliphatic carbocycles. The Bertz CT molecular complexity index is 566. The molecule has 0 bridgehead atoms. The van der Waals surface area contributed by atoms with E-state index in [4.69, 9.17) is 10.5 Å². The lowest BCUT2D eigenvalue weighted by Crippen LogP contribution is -2.10. The molecule has 0 fully saturated rings. The summed E-state index contributed by atoms with van der Waals surface area (Å²) in [4.78, 5) is 0. The number of benzene rings is 2. The van der Waals surface area contributed by atoms with Gasteiger partial charge in [0, 0.05) is 17.7 Å². The van der Waals surface area contributed by atoms with E-state index >= 15 is 0 Å². The molecular formula is C16H17F2NO. The minimum Gasteiger partial charge on any atom is -0.489 e. The number of para-hydroxylation sites is 1. The van der Waals surface area contributed by atoms with Crippen molar-refractivity contribution in [3.8, 4) is 5.75 Å². The zero-order valence-electron chi connectivity index (χ0n) is 11.3. The largest absolute Gasteiger partial charge is 0.489 e. The van der Waals surface area contributed by atoms with Gasteiger partial charge in [-0.05, 0) is 30.2 Å². The Labute approximate surface area is 117 Å². The molecule has 2 aromatic rings. The van der Waals surface area contributed by atoms with E-state index in [1.54, 1.807) is 6.07 Å². The van der Waals surface area contributed by atoms with Gasteiger partial charge in [-0.15, -0.1) is 0 Å². The maximum atomic E-state index is 13.1. The first-order valence-corrected chi connectivity index (χ1v) is 6.52. The second-order valence-corrected chi connectivity index (χ2v) is 4.62. The smallest absolute Gasteiger partial charge is 0.126 e. The van der Waals surface area contributed by atoms with Crippen molar-refractivity contribution in [2.45, 2.75) is 26.0 Å². The van der Waals surface area contributed by atoms with E-state index in [-0.39, 0.29) is 12.6 Å². The van der Waals surface area contributed by atoms with Gasteiger partial charge >= 0.3 is 0 Å². The lowest BCUT2D eigenvalue weighted by molar-refractivity contribution is 0.299. The predicted octanol–water partition coefficient (Wildman–Crippen LogP) is 3.95. The Hall–Kier alpha value is -1.94. The van der Waals surface area contributed by atoms with E-state index in [1.807, 2.05) is 25.1 Å². The molecule has 0 aliphatic rings. The minimum atomic E-state index is -0.609. The van der Waals surface area contributed by atoms with Crippen molar-refractivity contribution in [3.63, 3.8) is 0 Å². The van der Waals surface area contributed by atoms with E-state index < -0.39 is 11.6 Å². The molecule has 0 radical (unpaired) electrons. The van der Waals surface area contributed by atoms with Crippen LogP contribution in [0.4, 0.5) is 8.78 Å². The average Bonchev–Trinajstić information content (AvgIpc) is 2.43. The van der Waals surface area contributed by atoms with Crippen molar-refractivity contribution in [1.82, 2.24) is 0 Å². The summed E-state index contributed by atoms with van der Waals surface area (Å²) in [7, 11) is 0. The normalized spacial score (nSPS) is 12.2. The van der Waals surface area contributed by atoms with Crippen LogP contribution in [0, 0.1) is 11.6 Å². The van der Waals surface area contributed by atoms with Crippen molar-refractivity contribution in [2.75, 3.05) is 0 Å². The van der Waals surface area contributed by atoms with Gasteiger partial charge in [-0.3, -0.25) is 0 Å². The molecule has 0 heterocycles. The minimum absolute atomic E-state index is 0.0993. The molecule has 2 nitrogen and oxygen atoms in total. The lowest BCUT2D eigenvalue weighted by atomic mass is 10.0. The summed E-state index contributed by atoms with van der Waals surface area (Å²) in [6.07, 6.45) is 0.787. The zero-order valence-corrected chi connectivity index (χ0v) is 11.3. The van der Waals surface area contributed by atoms with Gasteiger partial charge in [-0.1, -0.05) is 25.1 Å². The van der Waals surface area contributed by atoms with Crippen LogP contribution in [0.2, 0.25) is 0 Å². The summed E-state index contributed by atoms with van der Waals surface area (Å²) in [6.45, 7) is 2.09. The van der Waals surface area contributed by atoms with Crippen molar-refractivity contribution >= 4 is 0 Å². The molecule has 0 aliphatic heterocycles. The molecule has 0 aromatic heterocycles. The third kappa shape index (κ3) is 3.54. The van der Waals surface area contributed by atoms with E-state index in [9.17, 15) is 8.78 Å². The third-order valence-electron chi connectivity index (χ3n) is 3.07. The monoisotopic (exact) mass is 277 g/mol. The summed E-state index contributed by atoms with van der Waals surface area (Å²) in [5.41, 5.74) is 7.35. The van der Waals surface area contributed by atoms with Crippen LogP contribution in [-0.2, 0) is 6.61 Å². The molecule has 0 spiro atoms. The number of nitrogens with two attached hydrogens (primary N) is 1. The fraction of sp³-hybridized carbons (Fsp3) is 0.250. The number of rotatable bonds is 5. The fourth-order valence-electron chi connectivity index (χ4n) is 1.99. The Balaban J connectivity index is 2.14. The van der Waals surface area contributed by atoms with Crippen LogP contribution in [0.1, 0.15) is 30.5 Å². The first kappa shape index (κ1) is 14.5. The molecule has 0 amide bonds. The van der Waals surface area contributed by atoms with Crippen LogP contribution in [-0.4, -0.2) is 0 Å². The molecule has 0 saturated carbocycles. The highest BCUT2D eigenvalue weighted by Gasteiger charge is 2.10. The van der Waals surface area contributed by atoms with Gasteiger partial charge in [0.1, 0.15) is 24.0 Å². The molecule has 4 heteroatoms. The van der Waals surface area contributed by atoms with Gasteiger partial charge in [0.05, 0.1) is 0 Å². The van der Waals surface area contributed by atoms with E-state index in [2.05, 4.69) is 0 Å². The molecular weight excluding hydrogens is 260 g/mol. The van der Waals surface area contributed by atoms with E-state index in [0.29, 0.717) is 11.3 Å².